The van der Waals surface area contributed by atoms with Crippen LogP contribution < -0.4 is 10.2 Å². The predicted molar refractivity (Wildman–Crippen MR) is 133 cm³/mol. The van der Waals surface area contributed by atoms with Crippen LogP contribution in [0.15, 0.2) is 91.0 Å². The van der Waals surface area contributed by atoms with E-state index in [4.69, 9.17) is 0 Å². The SMILES string of the molecule is Cc1ccc(C(=O)Nc2ccc(C(=O)N3Cc4ccccc4-c4ccccc43)cc2)c(C)c1. The van der Waals surface area contributed by atoms with Gasteiger partial charge >= 0.3 is 0 Å². The van der Waals surface area contributed by atoms with E-state index in [2.05, 4.69) is 23.5 Å². The number of benzene rings is 4. The molecular formula is C29H24N2O2. The van der Waals surface area contributed by atoms with Crippen molar-refractivity contribution in [2.45, 2.75) is 20.4 Å². The highest BCUT2D eigenvalue weighted by Crippen LogP contribution is 2.39. The van der Waals surface area contributed by atoms with Gasteiger partial charge < -0.3 is 10.2 Å². The lowest BCUT2D eigenvalue weighted by molar-refractivity contribution is 0.0983. The third-order valence-corrected chi connectivity index (χ3v) is 6.09. The lowest BCUT2D eigenvalue weighted by Crippen LogP contribution is -2.33. The second-order valence-corrected chi connectivity index (χ2v) is 8.42. The van der Waals surface area contributed by atoms with Crippen molar-refractivity contribution in [3.63, 3.8) is 0 Å². The Hall–Kier alpha value is -4.18. The van der Waals surface area contributed by atoms with Crippen LogP contribution in [0.3, 0.4) is 0 Å². The molecule has 4 aromatic carbocycles. The molecule has 0 radical (unpaired) electrons. The first-order valence-electron chi connectivity index (χ1n) is 11.0. The molecule has 1 N–H and O–H groups in total. The summed E-state index contributed by atoms with van der Waals surface area (Å²) in [6.45, 7) is 4.46. The number of carbonyl (C=O) groups excluding carboxylic acids is 2. The second kappa shape index (κ2) is 8.40. The van der Waals surface area contributed by atoms with E-state index in [1.54, 1.807) is 24.3 Å². The Kier molecular flexibility index (Phi) is 5.27. The topological polar surface area (TPSA) is 49.4 Å². The smallest absolute Gasteiger partial charge is 0.258 e. The summed E-state index contributed by atoms with van der Waals surface area (Å²) in [5.74, 6) is -0.225. The van der Waals surface area contributed by atoms with Gasteiger partial charge in [-0.1, -0.05) is 60.2 Å². The molecule has 4 heteroatoms. The zero-order valence-corrected chi connectivity index (χ0v) is 18.6. The highest BCUT2D eigenvalue weighted by molar-refractivity contribution is 6.10. The molecule has 0 saturated carbocycles. The maximum atomic E-state index is 13.4. The molecule has 4 nitrogen and oxygen atoms in total. The van der Waals surface area contributed by atoms with Crippen LogP contribution in [0.4, 0.5) is 11.4 Å². The Bertz CT molecular complexity index is 1370. The van der Waals surface area contributed by atoms with Crippen molar-refractivity contribution in [2.75, 3.05) is 10.2 Å². The Balaban J connectivity index is 1.38. The monoisotopic (exact) mass is 432 g/mol. The van der Waals surface area contributed by atoms with Gasteiger partial charge in [-0.2, -0.15) is 0 Å². The minimum absolute atomic E-state index is 0.0655. The van der Waals surface area contributed by atoms with E-state index in [1.807, 2.05) is 67.3 Å². The van der Waals surface area contributed by atoms with Gasteiger partial charge in [-0.25, -0.2) is 0 Å². The molecule has 2 amide bonds. The van der Waals surface area contributed by atoms with Crippen LogP contribution in [-0.2, 0) is 6.54 Å². The molecule has 1 heterocycles. The molecular weight excluding hydrogens is 408 g/mol. The van der Waals surface area contributed by atoms with Crippen molar-refractivity contribution in [1.82, 2.24) is 0 Å². The van der Waals surface area contributed by atoms with Gasteiger partial charge in [-0.3, -0.25) is 9.59 Å². The number of aryl methyl sites for hydroxylation is 2. The Morgan fingerprint density at radius 3 is 2.24 bits per heavy atom. The molecule has 0 saturated heterocycles. The molecule has 33 heavy (non-hydrogen) atoms. The summed E-state index contributed by atoms with van der Waals surface area (Å²) in [5, 5.41) is 2.93. The number of fused-ring (bicyclic) bond motifs is 3. The predicted octanol–water partition coefficient (Wildman–Crippen LogP) is 6.38. The van der Waals surface area contributed by atoms with E-state index in [9.17, 15) is 9.59 Å². The van der Waals surface area contributed by atoms with E-state index in [1.165, 1.54) is 5.56 Å². The van der Waals surface area contributed by atoms with Crippen molar-refractivity contribution in [3.8, 4) is 11.1 Å². The zero-order chi connectivity index (χ0) is 22.9. The van der Waals surface area contributed by atoms with Crippen LogP contribution in [0, 0.1) is 13.8 Å². The molecule has 0 aliphatic carbocycles. The van der Waals surface area contributed by atoms with E-state index >= 15 is 0 Å². The van der Waals surface area contributed by atoms with Crippen LogP contribution in [-0.4, -0.2) is 11.8 Å². The summed E-state index contributed by atoms with van der Waals surface area (Å²) in [5.41, 5.74) is 8.19. The largest absolute Gasteiger partial charge is 0.322 e. The summed E-state index contributed by atoms with van der Waals surface area (Å²) >= 11 is 0. The van der Waals surface area contributed by atoms with Gasteiger partial charge in [0.2, 0.25) is 0 Å². The van der Waals surface area contributed by atoms with Crippen molar-refractivity contribution in [1.29, 1.82) is 0 Å². The third kappa shape index (κ3) is 3.92. The number of nitrogens with one attached hydrogen (secondary N) is 1. The van der Waals surface area contributed by atoms with E-state index in [-0.39, 0.29) is 11.8 Å². The first kappa shape index (κ1) is 20.7. The van der Waals surface area contributed by atoms with Gasteiger partial charge in [-0.05, 0) is 66.9 Å². The molecule has 0 unspecified atom stereocenters. The van der Waals surface area contributed by atoms with Crippen LogP contribution in [0.2, 0.25) is 0 Å². The molecule has 4 aromatic rings. The van der Waals surface area contributed by atoms with Crippen LogP contribution in [0.25, 0.3) is 11.1 Å². The molecule has 0 spiro atoms. The quantitative estimate of drug-likeness (QED) is 0.408. The fourth-order valence-corrected chi connectivity index (χ4v) is 4.41. The Morgan fingerprint density at radius 2 is 1.48 bits per heavy atom. The minimum Gasteiger partial charge on any atom is -0.322 e. The van der Waals surface area contributed by atoms with E-state index in [0.29, 0.717) is 23.4 Å². The summed E-state index contributed by atoms with van der Waals surface area (Å²) in [4.78, 5) is 27.9. The van der Waals surface area contributed by atoms with E-state index < -0.39 is 0 Å². The molecule has 1 aliphatic rings. The summed E-state index contributed by atoms with van der Waals surface area (Å²) in [7, 11) is 0. The average molecular weight is 433 g/mol. The fourth-order valence-electron chi connectivity index (χ4n) is 4.41. The Labute approximate surface area is 193 Å². The van der Waals surface area contributed by atoms with Crippen molar-refractivity contribution < 1.29 is 9.59 Å². The van der Waals surface area contributed by atoms with Gasteiger partial charge in [0.1, 0.15) is 0 Å². The number of carbonyl (C=O) groups is 2. The van der Waals surface area contributed by atoms with Gasteiger partial charge in [0.25, 0.3) is 11.8 Å². The molecule has 162 valence electrons. The number of rotatable bonds is 3. The zero-order valence-electron chi connectivity index (χ0n) is 18.6. The summed E-state index contributed by atoms with van der Waals surface area (Å²) in [6.07, 6.45) is 0. The molecule has 0 aromatic heterocycles. The van der Waals surface area contributed by atoms with Gasteiger partial charge in [0.05, 0.1) is 12.2 Å². The van der Waals surface area contributed by atoms with Crippen LogP contribution in [0.1, 0.15) is 37.4 Å². The van der Waals surface area contributed by atoms with Crippen LogP contribution in [0.5, 0.6) is 0 Å². The van der Waals surface area contributed by atoms with Crippen molar-refractivity contribution in [3.05, 3.63) is 119 Å². The maximum Gasteiger partial charge on any atom is 0.258 e. The van der Waals surface area contributed by atoms with Crippen molar-refractivity contribution in [2.24, 2.45) is 0 Å². The van der Waals surface area contributed by atoms with Gasteiger partial charge in [0.15, 0.2) is 0 Å². The summed E-state index contributed by atoms with van der Waals surface area (Å²) < 4.78 is 0. The summed E-state index contributed by atoms with van der Waals surface area (Å²) in [6, 6.07) is 29.0. The first-order chi connectivity index (χ1) is 16.0. The Morgan fingerprint density at radius 1 is 0.788 bits per heavy atom. The molecule has 0 bridgehead atoms. The lowest BCUT2D eigenvalue weighted by Gasteiger charge is -2.31. The van der Waals surface area contributed by atoms with Crippen molar-refractivity contribution >= 4 is 23.2 Å². The number of nitrogens with zero attached hydrogens (tertiary/aromatic N) is 1. The lowest BCUT2D eigenvalue weighted by atomic mass is 9.93. The number of para-hydroxylation sites is 1. The molecule has 5 rings (SSSR count). The van der Waals surface area contributed by atoms with Gasteiger partial charge in [-0.15, -0.1) is 0 Å². The number of anilines is 2. The highest BCUT2D eigenvalue weighted by atomic mass is 16.2. The number of hydrogen-bond acceptors (Lipinski definition) is 2. The first-order valence-corrected chi connectivity index (χ1v) is 11.0. The average Bonchev–Trinajstić information content (AvgIpc) is 2.83. The van der Waals surface area contributed by atoms with Gasteiger partial charge in [0, 0.05) is 22.4 Å². The van der Waals surface area contributed by atoms with E-state index in [0.717, 1.165) is 27.9 Å². The third-order valence-electron chi connectivity index (χ3n) is 6.09. The second-order valence-electron chi connectivity index (χ2n) is 8.42. The minimum atomic E-state index is -0.159. The highest BCUT2D eigenvalue weighted by Gasteiger charge is 2.26. The maximum absolute atomic E-state index is 13.4. The normalized spacial score (nSPS) is 12.0. The molecule has 0 atom stereocenters. The fraction of sp³-hybridized carbons (Fsp3) is 0.103. The molecule has 1 aliphatic heterocycles. The molecule has 0 fully saturated rings. The number of amides is 2. The van der Waals surface area contributed by atoms with Crippen LogP contribution >= 0.6 is 0 Å². The standard InChI is InChI=1S/C29H24N2O2/c1-19-11-16-24(20(2)17-19)28(32)30-23-14-12-21(13-15-23)29(33)31-18-22-7-3-4-8-25(22)26-9-5-6-10-27(26)31/h3-17H,18H2,1-2H3,(H,30,32). The number of hydrogen-bond donors (Lipinski definition) is 1.